The molecule has 0 aliphatic heterocycles. The van der Waals surface area contributed by atoms with Crippen molar-refractivity contribution >= 4 is 44.8 Å². The van der Waals surface area contributed by atoms with Gasteiger partial charge in [-0.15, -0.1) is 0 Å². The summed E-state index contributed by atoms with van der Waals surface area (Å²) in [6.07, 6.45) is 3.25. The summed E-state index contributed by atoms with van der Waals surface area (Å²) < 4.78 is 31.7. The van der Waals surface area contributed by atoms with Crippen molar-refractivity contribution < 1.29 is 17.9 Å². The number of nitrogens with one attached hydrogen (secondary N) is 1. The van der Waals surface area contributed by atoms with Crippen LogP contribution in [-0.2, 0) is 23.0 Å². The lowest BCUT2D eigenvalue weighted by Gasteiger charge is -2.23. The van der Waals surface area contributed by atoms with Crippen molar-refractivity contribution in [3.05, 3.63) is 93.5 Å². The van der Waals surface area contributed by atoms with Crippen LogP contribution in [0.3, 0.4) is 0 Å². The maximum absolute atomic E-state index is 12.5. The van der Waals surface area contributed by atoms with Gasteiger partial charge in [0.05, 0.1) is 25.0 Å². The van der Waals surface area contributed by atoms with Gasteiger partial charge in [-0.05, 0) is 60.0 Å². The number of benzene rings is 3. The molecule has 0 aliphatic carbocycles. The summed E-state index contributed by atoms with van der Waals surface area (Å²) in [4.78, 5) is 12.5. The van der Waals surface area contributed by atoms with E-state index < -0.39 is 10.0 Å². The van der Waals surface area contributed by atoms with Gasteiger partial charge in [-0.1, -0.05) is 60.8 Å². The highest BCUT2D eigenvalue weighted by Crippen LogP contribution is 2.28. The number of amides is 1. The highest BCUT2D eigenvalue weighted by atomic mass is 35.5. The number of halogens is 2. The Kier molecular flexibility index (Phi) is 9.43. The molecule has 0 bridgehead atoms. The summed E-state index contributed by atoms with van der Waals surface area (Å²) in [5.41, 5.74) is 2.81. The molecule has 0 saturated heterocycles. The van der Waals surface area contributed by atoms with E-state index in [0.717, 1.165) is 24.8 Å². The summed E-state index contributed by atoms with van der Waals surface area (Å²) in [5, 5.41) is 3.50. The molecule has 3 aromatic rings. The van der Waals surface area contributed by atoms with Crippen molar-refractivity contribution in [3.63, 3.8) is 0 Å². The number of hydrogen-bond donors (Lipinski definition) is 1. The van der Waals surface area contributed by atoms with Crippen molar-refractivity contribution in [2.75, 3.05) is 23.7 Å². The lowest BCUT2D eigenvalue weighted by Crippen LogP contribution is -2.29. The van der Waals surface area contributed by atoms with Crippen LogP contribution in [0.25, 0.3) is 0 Å². The van der Waals surface area contributed by atoms with Crippen LogP contribution in [0.5, 0.6) is 5.75 Å². The van der Waals surface area contributed by atoms with Crippen LogP contribution in [0.2, 0.25) is 10.0 Å². The number of hydrogen-bond acceptors (Lipinski definition) is 4. The maximum Gasteiger partial charge on any atom is 0.251 e. The van der Waals surface area contributed by atoms with Crippen LogP contribution in [0.1, 0.15) is 34.8 Å². The molecule has 0 radical (unpaired) electrons. The summed E-state index contributed by atoms with van der Waals surface area (Å²) >= 11 is 12.1. The highest BCUT2D eigenvalue weighted by molar-refractivity contribution is 7.92. The first kappa shape index (κ1) is 26.9. The fourth-order valence-corrected chi connectivity index (χ4v) is 4.87. The van der Waals surface area contributed by atoms with Crippen LogP contribution in [0, 0.1) is 0 Å². The smallest absolute Gasteiger partial charge is 0.251 e. The molecule has 0 atom stereocenters. The van der Waals surface area contributed by atoms with Gasteiger partial charge in [0.15, 0.2) is 0 Å². The normalized spacial score (nSPS) is 11.2. The zero-order valence-electron chi connectivity index (χ0n) is 19.6. The van der Waals surface area contributed by atoms with E-state index in [2.05, 4.69) is 12.2 Å². The Morgan fingerprint density at radius 2 is 1.54 bits per heavy atom. The lowest BCUT2D eigenvalue weighted by molar-refractivity contribution is 0.0947. The van der Waals surface area contributed by atoms with Crippen LogP contribution in [-0.4, -0.2) is 33.7 Å². The topological polar surface area (TPSA) is 75.7 Å². The predicted octanol–water partition coefficient (Wildman–Crippen LogP) is 5.72. The molecule has 0 saturated carbocycles. The van der Waals surface area contributed by atoms with Gasteiger partial charge in [-0.3, -0.25) is 9.10 Å². The Labute approximate surface area is 216 Å². The van der Waals surface area contributed by atoms with Crippen LogP contribution >= 0.6 is 23.2 Å². The fourth-order valence-electron chi connectivity index (χ4n) is 3.49. The number of aryl methyl sites for hydroxylation is 1. The van der Waals surface area contributed by atoms with E-state index in [4.69, 9.17) is 27.9 Å². The van der Waals surface area contributed by atoms with Gasteiger partial charge in [0.25, 0.3) is 5.91 Å². The molecule has 3 rings (SSSR count). The fraction of sp³-hybridized carbons (Fsp3) is 0.269. The molecule has 0 fully saturated rings. The number of rotatable bonds is 11. The molecule has 1 N–H and O–H groups in total. The molecular formula is C26H28Cl2N2O4S. The van der Waals surface area contributed by atoms with E-state index in [0.29, 0.717) is 40.0 Å². The number of nitrogens with zero attached hydrogens (tertiary/aromatic N) is 1. The molecule has 1 amide bonds. The largest absolute Gasteiger partial charge is 0.492 e. The molecule has 0 unspecified atom stereocenters. The van der Waals surface area contributed by atoms with Crippen LogP contribution in [0.15, 0.2) is 66.7 Å². The van der Waals surface area contributed by atoms with Gasteiger partial charge in [0, 0.05) is 15.6 Å². The van der Waals surface area contributed by atoms with E-state index >= 15 is 0 Å². The van der Waals surface area contributed by atoms with Crippen molar-refractivity contribution in [2.24, 2.45) is 0 Å². The number of ether oxygens (including phenoxy) is 1. The third kappa shape index (κ3) is 8.16. The Morgan fingerprint density at radius 3 is 2.11 bits per heavy atom. The minimum Gasteiger partial charge on any atom is -0.492 e. The van der Waals surface area contributed by atoms with Gasteiger partial charge in [0.2, 0.25) is 10.0 Å². The highest BCUT2D eigenvalue weighted by Gasteiger charge is 2.19. The molecular weight excluding hydrogens is 507 g/mol. The molecule has 0 spiro atoms. The van der Waals surface area contributed by atoms with Gasteiger partial charge < -0.3 is 10.1 Å². The number of carbonyl (C=O) groups is 1. The predicted molar refractivity (Wildman–Crippen MR) is 142 cm³/mol. The third-order valence-corrected chi connectivity index (χ3v) is 6.77. The quantitative estimate of drug-likeness (QED) is 0.319. The van der Waals surface area contributed by atoms with Gasteiger partial charge in [-0.2, -0.15) is 0 Å². The van der Waals surface area contributed by atoms with E-state index in [9.17, 15) is 13.2 Å². The minimum absolute atomic E-state index is 0.0717. The van der Waals surface area contributed by atoms with E-state index in [1.807, 2.05) is 24.3 Å². The summed E-state index contributed by atoms with van der Waals surface area (Å²) in [7, 11) is -3.60. The molecule has 0 heterocycles. The minimum atomic E-state index is -3.60. The first-order valence-corrected chi connectivity index (χ1v) is 13.8. The first-order chi connectivity index (χ1) is 16.7. The van der Waals surface area contributed by atoms with E-state index in [1.54, 1.807) is 24.3 Å². The molecule has 0 aliphatic rings. The molecule has 6 nitrogen and oxygen atoms in total. The molecule has 9 heteroatoms. The summed E-state index contributed by atoms with van der Waals surface area (Å²) in [5.74, 6) is 0.528. The first-order valence-electron chi connectivity index (χ1n) is 11.2. The van der Waals surface area contributed by atoms with Gasteiger partial charge in [-0.25, -0.2) is 8.42 Å². The second-order valence-corrected chi connectivity index (χ2v) is 10.9. The SMILES string of the molecule is CCCc1ccc(OCCNC(=O)c2ccc(CN(c3cc(Cl)cc(Cl)c3)S(C)(=O)=O)cc2)cc1. The Bertz CT molecular complexity index is 1230. The Morgan fingerprint density at radius 1 is 0.943 bits per heavy atom. The Balaban J connectivity index is 1.55. The molecule has 0 aromatic heterocycles. The zero-order chi connectivity index (χ0) is 25.4. The molecule has 3 aromatic carbocycles. The number of carbonyl (C=O) groups excluding carboxylic acids is 1. The van der Waals surface area contributed by atoms with Crippen molar-refractivity contribution in [1.82, 2.24) is 5.32 Å². The zero-order valence-corrected chi connectivity index (χ0v) is 22.0. The average Bonchev–Trinajstić information content (AvgIpc) is 2.80. The monoisotopic (exact) mass is 534 g/mol. The molecule has 186 valence electrons. The summed E-state index contributed by atoms with van der Waals surface area (Å²) in [6, 6.07) is 19.3. The number of sulfonamides is 1. The van der Waals surface area contributed by atoms with Crippen molar-refractivity contribution in [3.8, 4) is 5.75 Å². The lowest BCUT2D eigenvalue weighted by atomic mass is 10.1. The number of anilines is 1. The summed E-state index contributed by atoms with van der Waals surface area (Å²) in [6.45, 7) is 2.92. The van der Waals surface area contributed by atoms with E-state index in [1.165, 1.54) is 28.1 Å². The van der Waals surface area contributed by atoms with Crippen molar-refractivity contribution in [2.45, 2.75) is 26.3 Å². The Hall–Kier alpha value is -2.74. The maximum atomic E-state index is 12.5. The van der Waals surface area contributed by atoms with E-state index in [-0.39, 0.29) is 12.5 Å². The van der Waals surface area contributed by atoms with Crippen LogP contribution in [0.4, 0.5) is 5.69 Å². The van der Waals surface area contributed by atoms with Gasteiger partial charge >= 0.3 is 0 Å². The van der Waals surface area contributed by atoms with Crippen LogP contribution < -0.4 is 14.4 Å². The van der Waals surface area contributed by atoms with Gasteiger partial charge in [0.1, 0.15) is 12.4 Å². The second kappa shape index (κ2) is 12.3. The molecule has 35 heavy (non-hydrogen) atoms. The second-order valence-electron chi connectivity index (χ2n) is 8.09. The van der Waals surface area contributed by atoms with Crippen molar-refractivity contribution in [1.29, 1.82) is 0 Å². The standard InChI is InChI=1S/C26H28Cl2N2O4S/c1-3-4-19-7-11-25(12-8-19)34-14-13-29-26(31)21-9-5-20(6-10-21)18-30(35(2,32)33)24-16-22(27)15-23(28)17-24/h5-12,15-17H,3-4,13-14,18H2,1-2H3,(H,29,31). The third-order valence-electron chi connectivity index (χ3n) is 5.20. The average molecular weight is 535 g/mol.